The van der Waals surface area contributed by atoms with Crippen LogP contribution >= 0.6 is 11.3 Å². The normalized spacial score (nSPS) is 20.2. The summed E-state index contributed by atoms with van der Waals surface area (Å²) in [4.78, 5) is 19.6. The lowest BCUT2D eigenvalue weighted by molar-refractivity contribution is 0.0927. The molecule has 31 heavy (non-hydrogen) atoms. The first-order valence-corrected chi connectivity index (χ1v) is 12.5. The van der Waals surface area contributed by atoms with Crippen LogP contribution in [-0.4, -0.2) is 27.9 Å². The van der Waals surface area contributed by atoms with Crippen molar-refractivity contribution in [1.82, 2.24) is 15.1 Å². The highest BCUT2D eigenvalue weighted by molar-refractivity contribution is 7.16. The Bertz CT molecular complexity index is 973. The first-order valence-electron chi connectivity index (χ1n) is 11.7. The molecule has 0 spiro atoms. The van der Waals surface area contributed by atoms with Crippen molar-refractivity contribution < 1.29 is 4.79 Å². The van der Waals surface area contributed by atoms with Crippen molar-refractivity contribution in [3.05, 3.63) is 33.5 Å². The highest BCUT2D eigenvalue weighted by Gasteiger charge is 2.34. The summed E-state index contributed by atoms with van der Waals surface area (Å²) in [5, 5.41) is 8.52. The number of thiophene rings is 1. The Morgan fingerprint density at radius 3 is 2.65 bits per heavy atom. The molecule has 2 aliphatic carbocycles. The van der Waals surface area contributed by atoms with Crippen LogP contribution in [-0.2, 0) is 19.9 Å². The van der Waals surface area contributed by atoms with Crippen molar-refractivity contribution in [2.24, 2.45) is 23.4 Å². The van der Waals surface area contributed by atoms with Crippen molar-refractivity contribution in [3.63, 3.8) is 0 Å². The van der Waals surface area contributed by atoms with Crippen molar-refractivity contribution in [2.45, 2.75) is 85.1 Å². The number of nitrogens with zero attached hydrogens (tertiary/aromatic N) is 3. The van der Waals surface area contributed by atoms with Crippen LogP contribution in [0.2, 0.25) is 0 Å². The van der Waals surface area contributed by atoms with Crippen LogP contribution in [0.4, 0.5) is 5.00 Å². The number of fused-ring (bicyclic) bond motifs is 1. The molecule has 4 rings (SSSR count). The first-order chi connectivity index (χ1) is 14.7. The van der Waals surface area contributed by atoms with E-state index in [-0.39, 0.29) is 11.3 Å². The Kier molecular flexibility index (Phi) is 6.38. The highest BCUT2D eigenvalue weighted by atomic mass is 32.1. The minimum atomic E-state index is 0.0775. The van der Waals surface area contributed by atoms with Gasteiger partial charge in [-0.25, -0.2) is 4.99 Å². The molecule has 0 saturated heterocycles. The topological polar surface area (TPSA) is 59.3 Å². The van der Waals surface area contributed by atoms with Gasteiger partial charge in [0.05, 0.1) is 11.8 Å². The number of carbonyl (C=O) groups excluding carboxylic acids is 1. The van der Waals surface area contributed by atoms with Gasteiger partial charge in [-0.15, -0.1) is 11.3 Å². The van der Waals surface area contributed by atoms with Gasteiger partial charge >= 0.3 is 0 Å². The number of aromatic nitrogens is 2. The maximum absolute atomic E-state index is 13.4. The van der Waals surface area contributed by atoms with Gasteiger partial charge in [-0.1, -0.05) is 40.0 Å². The van der Waals surface area contributed by atoms with Crippen LogP contribution in [0.5, 0.6) is 0 Å². The average Bonchev–Trinajstić information content (AvgIpc) is 3.25. The van der Waals surface area contributed by atoms with Gasteiger partial charge in [0.2, 0.25) is 0 Å². The summed E-state index contributed by atoms with van der Waals surface area (Å²) < 4.78 is 1.85. The molecule has 2 aromatic heterocycles. The van der Waals surface area contributed by atoms with Gasteiger partial charge in [-0.2, -0.15) is 5.10 Å². The average molecular weight is 441 g/mol. The summed E-state index contributed by atoms with van der Waals surface area (Å²) in [5.41, 5.74) is 4.43. The van der Waals surface area contributed by atoms with Crippen LogP contribution in [0.1, 0.15) is 91.4 Å². The van der Waals surface area contributed by atoms with Crippen molar-refractivity contribution in [3.8, 4) is 0 Å². The number of hydrogen-bond acceptors (Lipinski definition) is 4. The quantitative estimate of drug-likeness (QED) is 0.615. The fraction of sp³-hybridized carbons (Fsp3) is 0.640. The third kappa shape index (κ3) is 4.79. The molecule has 2 aromatic rings. The van der Waals surface area contributed by atoms with Gasteiger partial charge in [0, 0.05) is 35.4 Å². The summed E-state index contributed by atoms with van der Waals surface area (Å²) in [6, 6.07) is 0.306. The molecule has 1 N–H and O–H groups in total. The number of amides is 1. The van der Waals surface area contributed by atoms with Crippen molar-refractivity contribution in [1.29, 1.82) is 0 Å². The summed E-state index contributed by atoms with van der Waals surface area (Å²) in [7, 11) is 1.94. The summed E-state index contributed by atoms with van der Waals surface area (Å²) in [6.07, 6.45) is 12.8. The van der Waals surface area contributed by atoms with E-state index in [1.165, 1.54) is 29.7 Å². The summed E-state index contributed by atoms with van der Waals surface area (Å²) in [5.74, 6) is 0.721. The van der Waals surface area contributed by atoms with E-state index in [1.807, 2.05) is 31.1 Å². The zero-order chi connectivity index (χ0) is 22.2. The van der Waals surface area contributed by atoms with Gasteiger partial charge in [0.15, 0.2) is 0 Å². The Labute approximate surface area is 190 Å². The van der Waals surface area contributed by atoms with E-state index in [0.717, 1.165) is 53.9 Å². The molecule has 0 aliphatic heterocycles. The standard InChI is InChI=1S/C25H36N4OS/c1-16-17(15-27-29(16)5)14-26-24-22(23(30)28-19-9-7-6-8-10-19)20-12-11-18(25(2,3)4)13-21(20)31-24/h14-15,18-19H,6-13H2,1-5H3,(H,28,30). The van der Waals surface area contributed by atoms with Crippen LogP contribution in [0.3, 0.4) is 0 Å². The lowest BCUT2D eigenvalue weighted by atomic mass is 9.72. The second kappa shape index (κ2) is 8.89. The number of carbonyl (C=O) groups is 1. The van der Waals surface area contributed by atoms with E-state index in [2.05, 4.69) is 31.2 Å². The maximum Gasteiger partial charge on any atom is 0.254 e. The van der Waals surface area contributed by atoms with Crippen LogP contribution < -0.4 is 5.32 Å². The second-order valence-corrected chi connectivity index (χ2v) is 11.4. The molecule has 0 bridgehead atoms. The molecule has 2 heterocycles. The first kappa shape index (κ1) is 22.3. The SMILES string of the molecule is Cc1c(C=Nc2sc3c(c2C(=O)NC2CCCCC2)CCC(C(C)(C)C)C3)cnn1C. The molecule has 1 amide bonds. The number of hydrogen-bond donors (Lipinski definition) is 1. The highest BCUT2D eigenvalue weighted by Crippen LogP contribution is 2.45. The molecule has 2 aliphatic rings. The van der Waals surface area contributed by atoms with Crippen LogP contribution in [0.15, 0.2) is 11.2 Å². The monoisotopic (exact) mass is 440 g/mol. The zero-order valence-electron chi connectivity index (χ0n) is 19.6. The minimum Gasteiger partial charge on any atom is -0.349 e. The smallest absolute Gasteiger partial charge is 0.254 e. The Morgan fingerprint density at radius 1 is 1.26 bits per heavy atom. The molecule has 6 heteroatoms. The Morgan fingerprint density at radius 2 is 2.00 bits per heavy atom. The predicted octanol–water partition coefficient (Wildman–Crippen LogP) is 5.75. The molecular formula is C25H36N4OS. The maximum atomic E-state index is 13.4. The van der Waals surface area contributed by atoms with E-state index in [1.54, 1.807) is 11.3 Å². The second-order valence-electron chi connectivity index (χ2n) is 10.4. The molecule has 0 radical (unpaired) electrons. The molecule has 168 valence electrons. The fourth-order valence-electron chi connectivity index (χ4n) is 4.91. The van der Waals surface area contributed by atoms with E-state index in [9.17, 15) is 4.79 Å². The van der Waals surface area contributed by atoms with Crippen molar-refractivity contribution in [2.75, 3.05) is 0 Å². The van der Waals surface area contributed by atoms with Gasteiger partial charge in [-0.3, -0.25) is 9.48 Å². The molecular weight excluding hydrogens is 404 g/mol. The third-order valence-electron chi connectivity index (χ3n) is 7.23. The summed E-state index contributed by atoms with van der Waals surface area (Å²) in [6.45, 7) is 9.03. The number of rotatable bonds is 4. The lowest BCUT2D eigenvalue weighted by Crippen LogP contribution is -2.36. The number of aryl methyl sites for hydroxylation is 1. The van der Waals surface area contributed by atoms with E-state index in [0.29, 0.717) is 12.0 Å². The van der Waals surface area contributed by atoms with Crippen molar-refractivity contribution >= 4 is 28.5 Å². The lowest BCUT2D eigenvalue weighted by Gasteiger charge is -2.34. The predicted molar refractivity (Wildman–Crippen MR) is 129 cm³/mol. The zero-order valence-corrected chi connectivity index (χ0v) is 20.4. The van der Waals surface area contributed by atoms with Crippen LogP contribution in [0, 0.1) is 18.3 Å². The molecule has 1 saturated carbocycles. The minimum absolute atomic E-state index is 0.0775. The summed E-state index contributed by atoms with van der Waals surface area (Å²) >= 11 is 1.72. The van der Waals surface area contributed by atoms with E-state index >= 15 is 0 Å². The molecule has 0 aromatic carbocycles. The number of nitrogens with one attached hydrogen (secondary N) is 1. The van der Waals surface area contributed by atoms with E-state index in [4.69, 9.17) is 4.99 Å². The van der Waals surface area contributed by atoms with Gasteiger partial charge in [0.1, 0.15) is 5.00 Å². The van der Waals surface area contributed by atoms with E-state index < -0.39 is 0 Å². The van der Waals surface area contributed by atoms with Gasteiger partial charge < -0.3 is 5.32 Å². The van der Waals surface area contributed by atoms with Gasteiger partial charge in [0.25, 0.3) is 5.91 Å². The molecule has 1 unspecified atom stereocenters. The molecule has 1 fully saturated rings. The third-order valence-corrected chi connectivity index (χ3v) is 8.40. The van der Waals surface area contributed by atoms with Crippen LogP contribution in [0.25, 0.3) is 0 Å². The number of aliphatic imine (C=N–C) groups is 1. The Balaban J connectivity index is 1.66. The Hall–Kier alpha value is -1.95. The molecule has 5 nitrogen and oxygen atoms in total. The van der Waals surface area contributed by atoms with Gasteiger partial charge in [-0.05, 0) is 55.9 Å². The molecule has 1 atom stereocenters. The largest absolute Gasteiger partial charge is 0.349 e. The fourth-order valence-corrected chi connectivity index (χ4v) is 6.18.